The van der Waals surface area contributed by atoms with Gasteiger partial charge in [0, 0.05) is 20.6 Å². The molecule has 3 rings (SSSR count). The Hall–Kier alpha value is -1.52. The number of anilines is 2. The number of nitrogens with one attached hydrogen (secondary N) is 2. The smallest absolute Gasteiger partial charge is 0.0663 e. The van der Waals surface area contributed by atoms with E-state index in [9.17, 15) is 0 Å². The average Bonchev–Trinajstić information content (AvgIpc) is 2.76. The van der Waals surface area contributed by atoms with Crippen LogP contribution in [0.2, 0.25) is 5.02 Å². The molecule has 0 radical (unpaired) electrons. The second-order valence-corrected chi connectivity index (χ2v) is 5.22. The van der Waals surface area contributed by atoms with Crippen molar-refractivity contribution in [3.05, 3.63) is 52.1 Å². The molecule has 0 aliphatic carbocycles. The molecule has 18 heavy (non-hydrogen) atoms. The summed E-state index contributed by atoms with van der Waals surface area (Å²) in [5.41, 5.74) is 2.93. The molecule has 0 fully saturated rings. The molecule has 1 heterocycles. The maximum absolute atomic E-state index is 5.96. The van der Waals surface area contributed by atoms with Crippen LogP contribution in [0.1, 0.15) is 0 Å². The van der Waals surface area contributed by atoms with E-state index in [1.165, 1.54) is 0 Å². The number of nitrogens with zero attached hydrogens (tertiary/aromatic N) is 1. The standard InChI is InChI=1S/C13H9BrClN3/c14-11-6-12-8(7-16-18-12)4-13(11)17-10-3-1-2-9(15)5-10/h1-7,17H,(H,16,18). The number of hydrogen-bond acceptors (Lipinski definition) is 2. The van der Waals surface area contributed by atoms with Crippen molar-refractivity contribution in [3.8, 4) is 0 Å². The first-order valence-corrected chi connectivity index (χ1v) is 6.55. The molecule has 0 amide bonds. The lowest BCUT2D eigenvalue weighted by molar-refractivity contribution is 1.12. The van der Waals surface area contributed by atoms with Crippen LogP contribution in [0.4, 0.5) is 11.4 Å². The van der Waals surface area contributed by atoms with Gasteiger partial charge in [0.25, 0.3) is 0 Å². The van der Waals surface area contributed by atoms with Crippen LogP contribution in [0.3, 0.4) is 0 Å². The molecular formula is C13H9BrClN3. The number of benzene rings is 2. The molecule has 1 aromatic heterocycles. The Balaban J connectivity index is 2.01. The highest BCUT2D eigenvalue weighted by molar-refractivity contribution is 9.10. The van der Waals surface area contributed by atoms with Crippen molar-refractivity contribution in [2.45, 2.75) is 0 Å². The van der Waals surface area contributed by atoms with Crippen LogP contribution in [0.25, 0.3) is 10.9 Å². The molecule has 0 saturated carbocycles. The van der Waals surface area contributed by atoms with Crippen LogP contribution in [0.5, 0.6) is 0 Å². The van der Waals surface area contributed by atoms with Crippen molar-refractivity contribution < 1.29 is 0 Å². The number of halogens is 2. The summed E-state index contributed by atoms with van der Waals surface area (Å²) < 4.78 is 0.972. The Morgan fingerprint density at radius 2 is 2.11 bits per heavy atom. The first-order chi connectivity index (χ1) is 8.72. The molecule has 0 spiro atoms. The van der Waals surface area contributed by atoms with Crippen molar-refractivity contribution in [2.75, 3.05) is 5.32 Å². The fourth-order valence-corrected chi connectivity index (χ4v) is 2.42. The van der Waals surface area contributed by atoms with Gasteiger partial charge in [0.05, 0.1) is 17.4 Å². The molecule has 2 aromatic carbocycles. The van der Waals surface area contributed by atoms with Crippen LogP contribution < -0.4 is 5.32 Å². The van der Waals surface area contributed by atoms with Gasteiger partial charge in [0.2, 0.25) is 0 Å². The fraction of sp³-hybridized carbons (Fsp3) is 0. The maximum Gasteiger partial charge on any atom is 0.0663 e. The van der Waals surface area contributed by atoms with Gasteiger partial charge in [-0.2, -0.15) is 5.10 Å². The van der Waals surface area contributed by atoms with Gasteiger partial charge in [-0.15, -0.1) is 0 Å². The second-order valence-electron chi connectivity index (χ2n) is 3.92. The van der Waals surface area contributed by atoms with Crippen molar-refractivity contribution in [2.24, 2.45) is 0 Å². The van der Waals surface area contributed by atoms with Gasteiger partial charge in [0.1, 0.15) is 0 Å². The van der Waals surface area contributed by atoms with Gasteiger partial charge in [-0.05, 0) is 46.3 Å². The third-order valence-corrected chi connectivity index (χ3v) is 3.52. The summed E-state index contributed by atoms with van der Waals surface area (Å²) >= 11 is 9.50. The molecule has 0 aliphatic rings. The van der Waals surface area contributed by atoms with E-state index in [2.05, 4.69) is 31.4 Å². The van der Waals surface area contributed by atoms with Gasteiger partial charge in [-0.1, -0.05) is 17.7 Å². The Morgan fingerprint density at radius 3 is 2.94 bits per heavy atom. The SMILES string of the molecule is Clc1cccc(Nc2cc3cn[nH]c3cc2Br)c1. The van der Waals surface area contributed by atoms with Gasteiger partial charge in [-0.3, -0.25) is 5.10 Å². The average molecular weight is 323 g/mol. The highest BCUT2D eigenvalue weighted by Crippen LogP contribution is 2.30. The summed E-state index contributed by atoms with van der Waals surface area (Å²) in [6.07, 6.45) is 1.80. The van der Waals surface area contributed by atoms with E-state index < -0.39 is 0 Å². The van der Waals surface area contributed by atoms with Crippen LogP contribution in [0, 0.1) is 0 Å². The van der Waals surface area contributed by atoms with E-state index in [1.807, 2.05) is 36.4 Å². The van der Waals surface area contributed by atoms with Crippen molar-refractivity contribution in [3.63, 3.8) is 0 Å². The van der Waals surface area contributed by atoms with Gasteiger partial charge >= 0.3 is 0 Å². The van der Waals surface area contributed by atoms with E-state index in [0.717, 1.165) is 26.8 Å². The quantitative estimate of drug-likeness (QED) is 0.716. The van der Waals surface area contributed by atoms with Gasteiger partial charge in [-0.25, -0.2) is 0 Å². The van der Waals surface area contributed by atoms with E-state index >= 15 is 0 Å². The largest absolute Gasteiger partial charge is 0.355 e. The molecular weight excluding hydrogens is 314 g/mol. The minimum atomic E-state index is 0.709. The summed E-state index contributed by atoms with van der Waals surface area (Å²) in [5.74, 6) is 0. The van der Waals surface area contributed by atoms with Crippen molar-refractivity contribution >= 4 is 49.8 Å². The van der Waals surface area contributed by atoms with E-state index in [1.54, 1.807) is 6.20 Å². The molecule has 3 nitrogen and oxygen atoms in total. The van der Waals surface area contributed by atoms with Crippen LogP contribution in [0.15, 0.2) is 47.1 Å². The third-order valence-electron chi connectivity index (χ3n) is 2.63. The molecule has 0 atom stereocenters. The fourth-order valence-electron chi connectivity index (χ4n) is 1.78. The highest BCUT2D eigenvalue weighted by Gasteiger charge is 2.04. The molecule has 90 valence electrons. The lowest BCUT2D eigenvalue weighted by atomic mass is 10.2. The monoisotopic (exact) mass is 321 g/mol. The summed E-state index contributed by atoms with van der Waals surface area (Å²) in [6, 6.07) is 11.6. The zero-order valence-corrected chi connectivity index (χ0v) is 11.6. The van der Waals surface area contributed by atoms with Crippen LogP contribution >= 0.6 is 27.5 Å². The van der Waals surface area contributed by atoms with Crippen LogP contribution in [-0.2, 0) is 0 Å². The molecule has 2 N–H and O–H groups in total. The lowest BCUT2D eigenvalue weighted by Crippen LogP contribution is -1.91. The molecule has 0 unspecified atom stereocenters. The zero-order chi connectivity index (χ0) is 12.5. The zero-order valence-electron chi connectivity index (χ0n) is 9.24. The van der Waals surface area contributed by atoms with E-state index in [4.69, 9.17) is 11.6 Å². The highest BCUT2D eigenvalue weighted by atomic mass is 79.9. The summed E-state index contributed by atoms with van der Waals surface area (Å²) in [5, 5.41) is 12.0. The first kappa shape index (κ1) is 11.6. The number of fused-ring (bicyclic) bond motifs is 1. The lowest BCUT2D eigenvalue weighted by Gasteiger charge is -2.09. The third kappa shape index (κ3) is 2.21. The Bertz CT molecular complexity index is 708. The molecule has 3 aromatic rings. The summed E-state index contributed by atoms with van der Waals surface area (Å²) in [4.78, 5) is 0. The predicted molar refractivity (Wildman–Crippen MR) is 78.5 cm³/mol. The van der Waals surface area contributed by atoms with Crippen molar-refractivity contribution in [1.82, 2.24) is 10.2 Å². The number of hydrogen-bond donors (Lipinski definition) is 2. The summed E-state index contributed by atoms with van der Waals surface area (Å²) in [7, 11) is 0. The Kier molecular flexibility index (Phi) is 2.97. The van der Waals surface area contributed by atoms with E-state index in [-0.39, 0.29) is 0 Å². The first-order valence-electron chi connectivity index (χ1n) is 5.37. The molecule has 5 heteroatoms. The van der Waals surface area contributed by atoms with E-state index in [0.29, 0.717) is 5.02 Å². The molecule has 0 saturated heterocycles. The second kappa shape index (κ2) is 4.63. The Labute approximate surface area is 117 Å². The number of rotatable bonds is 2. The topological polar surface area (TPSA) is 40.7 Å². The normalized spacial score (nSPS) is 10.8. The maximum atomic E-state index is 5.96. The van der Waals surface area contributed by atoms with Gasteiger partial charge in [0.15, 0.2) is 0 Å². The Morgan fingerprint density at radius 1 is 1.22 bits per heavy atom. The van der Waals surface area contributed by atoms with Crippen molar-refractivity contribution in [1.29, 1.82) is 0 Å². The number of H-pyrrole nitrogens is 1. The molecule has 0 aliphatic heterocycles. The van der Waals surface area contributed by atoms with Gasteiger partial charge < -0.3 is 5.32 Å². The number of aromatic nitrogens is 2. The summed E-state index contributed by atoms with van der Waals surface area (Å²) in [6.45, 7) is 0. The minimum Gasteiger partial charge on any atom is -0.355 e. The minimum absolute atomic E-state index is 0.709. The predicted octanol–water partition coefficient (Wildman–Crippen LogP) is 4.72. The molecule has 0 bridgehead atoms. The van der Waals surface area contributed by atoms with Crippen LogP contribution in [-0.4, -0.2) is 10.2 Å². The number of aromatic amines is 1.